The largest absolute Gasteiger partial charge is 0.535 e. The Bertz CT molecular complexity index is 639. The van der Waals surface area contributed by atoms with Crippen molar-refractivity contribution < 1.29 is 14.4 Å². The second-order valence-electron chi connectivity index (χ2n) is 4.51. The van der Waals surface area contributed by atoms with Gasteiger partial charge in [-0.15, -0.1) is 0 Å². The Balaban J connectivity index is 1.91. The Morgan fingerprint density at radius 2 is 1.77 bits per heavy atom. The van der Waals surface area contributed by atoms with Gasteiger partial charge in [0.2, 0.25) is 0 Å². The van der Waals surface area contributed by atoms with E-state index in [1.807, 2.05) is 61.5 Å². The van der Waals surface area contributed by atoms with Gasteiger partial charge in [0.15, 0.2) is 0 Å². The lowest BCUT2D eigenvalue weighted by molar-refractivity contribution is 0.0518. The third-order valence-corrected chi connectivity index (χ3v) is 3.47. The number of halogens is 1. The fourth-order valence-corrected chi connectivity index (χ4v) is 2.06. The van der Waals surface area contributed by atoms with E-state index in [0.29, 0.717) is 12.1 Å². The molecular weight excluding hydrogens is 346 g/mol. The van der Waals surface area contributed by atoms with Crippen LogP contribution in [-0.2, 0) is 16.2 Å². The molecule has 0 atom stereocenters. The highest BCUT2D eigenvalue weighted by Crippen LogP contribution is 2.13. The Morgan fingerprint density at radius 1 is 1.09 bits per heavy atom. The van der Waals surface area contributed by atoms with Gasteiger partial charge in [0.05, 0.1) is 5.71 Å². The fourth-order valence-electron chi connectivity index (χ4n) is 1.80. The summed E-state index contributed by atoms with van der Waals surface area (Å²) < 4.78 is 5.98. The quantitative estimate of drug-likeness (QED) is 0.328. The standard InChI is InChI=1S/C17H16BrNO3/c1-2-16(14-8-10-15(18)11-9-14)19-22-17(20)21-12-13-6-4-3-5-7-13/h3-11H,2,12H2,1H3/b19-16+. The molecule has 0 fully saturated rings. The lowest BCUT2D eigenvalue weighted by Gasteiger charge is -2.05. The van der Waals surface area contributed by atoms with E-state index in [2.05, 4.69) is 21.1 Å². The number of oxime groups is 1. The molecular formula is C17H16BrNO3. The molecule has 22 heavy (non-hydrogen) atoms. The van der Waals surface area contributed by atoms with Gasteiger partial charge < -0.3 is 4.74 Å². The summed E-state index contributed by atoms with van der Waals surface area (Å²) in [5, 5.41) is 3.88. The van der Waals surface area contributed by atoms with Crippen LogP contribution in [0.5, 0.6) is 0 Å². The van der Waals surface area contributed by atoms with E-state index in [-0.39, 0.29) is 6.61 Å². The van der Waals surface area contributed by atoms with E-state index in [9.17, 15) is 4.79 Å². The topological polar surface area (TPSA) is 47.9 Å². The number of benzene rings is 2. The maximum atomic E-state index is 11.6. The van der Waals surface area contributed by atoms with Crippen molar-refractivity contribution in [2.24, 2.45) is 5.16 Å². The fraction of sp³-hybridized carbons (Fsp3) is 0.176. The van der Waals surface area contributed by atoms with E-state index in [1.165, 1.54) is 0 Å². The van der Waals surface area contributed by atoms with E-state index in [0.717, 1.165) is 15.6 Å². The Morgan fingerprint density at radius 3 is 2.41 bits per heavy atom. The highest BCUT2D eigenvalue weighted by molar-refractivity contribution is 9.10. The summed E-state index contributed by atoms with van der Waals surface area (Å²) >= 11 is 3.38. The summed E-state index contributed by atoms with van der Waals surface area (Å²) in [7, 11) is 0. The molecule has 0 radical (unpaired) electrons. The predicted octanol–water partition coefficient (Wildman–Crippen LogP) is 4.92. The zero-order valence-electron chi connectivity index (χ0n) is 12.2. The van der Waals surface area contributed by atoms with Crippen LogP contribution in [0, 0.1) is 0 Å². The van der Waals surface area contributed by atoms with Gasteiger partial charge in [-0.2, -0.15) is 0 Å². The van der Waals surface area contributed by atoms with Crippen molar-refractivity contribution in [1.29, 1.82) is 0 Å². The summed E-state index contributed by atoms with van der Waals surface area (Å²) in [6.45, 7) is 2.11. The molecule has 0 unspecified atom stereocenters. The van der Waals surface area contributed by atoms with Gasteiger partial charge in [-0.3, -0.25) is 4.84 Å². The molecule has 0 aromatic heterocycles. The SMILES string of the molecule is CC/C(=N\OC(=O)OCc1ccccc1)c1ccc(Br)cc1. The lowest BCUT2D eigenvalue weighted by Crippen LogP contribution is -2.07. The first-order valence-corrected chi connectivity index (χ1v) is 7.69. The van der Waals surface area contributed by atoms with Crippen molar-refractivity contribution in [3.05, 3.63) is 70.2 Å². The maximum Gasteiger partial charge on any atom is 0.535 e. The number of carbonyl (C=O) groups is 1. The summed E-state index contributed by atoms with van der Waals surface area (Å²) in [5.41, 5.74) is 2.48. The normalized spacial score (nSPS) is 11.1. The molecule has 0 saturated carbocycles. The first kappa shape index (κ1) is 16.2. The average Bonchev–Trinajstić information content (AvgIpc) is 2.56. The third kappa shape index (κ3) is 5.00. The van der Waals surface area contributed by atoms with Gasteiger partial charge in [0, 0.05) is 4.47 Å². The second-order valence-corrected chi connectivity index (χ2v) is 5.43. The van der Waals surface area contributed by atoms with E-state index in [1.54, 1.807) is 0 Å². The molecule has 5 heteroatoms. The van der Waals surface area contributed by atoms with Gasteiger partial charge in [0.1, 0.15) is 6.61 Å². The van der Waals surface area contributed by atoms with Crippen LogP contribution in [0.4, 0.5) is 4.79 Å². The number of ether oxygens (including phenoxy) is 1. The Labute approximate surface area is 137 Å². The van der Waals surface area contributed by atoms with Crippen LogP contribution in [0.25, 0.3) is 0 Å². The van der Waals surface area contributed by atoms with Crippen molar-refractivity contribution in [3.63, 3.8) is 0 Å². The molecule has 0 bridgehead atoms. The van der Waals surface area contributed by atoms with Gasteiger partial charge in [-0.1, -0.05) is 70.5 Å². The first-order chi connectivity index (χ1) is 10.7. The minimum absolute atomic E-state index is 0.162. The van der Waals surface area contributed by atoms with Crippen LogP contribution in [0.2, 0.25) is 0 Å². The predicted molar refractivity (Wildman–Crippen MR) is 88.7 cm³/mol. The highest BCUT2D eigenvalue weighted by atomic mass is 79.9. The third-order valence-electron chi connectivity index (χ3n) is 2.94. The van der Waals surface area contributed by atoms with Gasteiger partial charge in [-0.25, -0.2) is 4.79 Å². The second kappa shape index (κ2) is 8.34. The van der Waals surface area contributed by atoms with Crippen molar-refractivity contribution in [2.45, 2.75) is 20.0 Å². The zero-order chi connectivity index (χ0) is 15.8. The monoisotopic (exact) mass is 361 g/mol. The van der Waals surface area contributed by atoms with Crippen LogP contribution >= 0.6 is 15.9 Å². The molecule has 0 amide bonds. The number of nitrogens with zero attached hydrogens (tertiary/aromatic N) is 1. The summed E-state index contributed by atoms with van der Waals surface area (Å²) in [5.74, 6) is 0. The smallest absolute Gasteiger partial charge is 0.428 e. The Hall–Kier alpha value is -2.14. The van der Waals surface area contributed by atoms with Crippen LogP contribution in [0.3, 0.4) is 0 Å². The van der Waals surface area contributed by atoms with E-state index in [4.69, 9.17) is 9.57 Å². The molecule has 2 rings (SSSR count). The molecule has 2 aromatic carbocycles. The van der Waals surface area contributed by atoms with Crippen molar-refractivity contribution in [2.75, 3.05) is 0 Å². The molecule has 0 spiro atoms. The molecule has 4 nitrogen and oxygen atoms in total. The van der Waals surface area contributed by atoms with Crippen LogP contribution in [0.1, 0.15) is 24.5 Å². The molecule has 2 aromatic rings. The molecule has 114 valence electrons. The number of carbonyl (C=O) groups excluding carboxylic acids is 1. The molecule has 0 saturated heterocycles. The average molecular weight is 362 g/mol. The highest BCUT2D eigenvalue weighted by Gasteiger charge is 2.07. The lowest BCUT2D eigenvalue weighted by atomic mass is 10.1. The van der Waals surface area contributed by atoms with Crippen molar-refractivity contribution >= 4 is 27.8 Å². The summed E-state index contributed by atoms with van der Waals surface area (Å²) in [6, 6.07) is 17.0. The zero-order valence-corrected chi connectivity index (χ0v) is 13.7. The van der Waals surface area contributed by atoms with Crippen LogP contribution in [-0.4, -0.2) is 11.9 Å². The summed E-state index contributed by atoms with van der Waals surface area (Å²) in [4.78, 5) is 16.4. The number of rotatable bonds is 5. The molecule has 0 N–H and O–H groups in total. The molecule has 0 aliphatic carbocycles. The maximum absolute atomic E-state index is 11.6. The van der Waals surface area contributed by atoms with E-state index >= 15 is 0 Å². The van der Waals surface area contributed by atoms with Gasteiger partial charge >= 0.3 is 6.16 Å². The number of hydrogen-bond donors (Lipinski definition) is 0. The molecule has 0 aliphatic heterocycles. The molecule has 0 aliphatic rings. The van der Waals surface area contributed by atoms with Crippen LogP contribution < -0.4 is 0 Å². The van der Waals surface area contributed by atoms with Crippen LogP contribution in [0.15, 0.2) is 64.2 Å². The van der Waals surface area contributed by atoms with Gasteiger partial charge in [-0.05, 0) is 29.7 Å². The summed E-state index contributed by atoms with van der Waals surface area (Å²) in [6.07, 6.45) is -0.167. The van der Waals surface area contributed by atoms with E-state index < -0.39 is 6.16 Å². The minimum atomic E-state index is -0.813. The van der Waals surface area contributed by atoms with Crippen molar-refractivity contribution in [1.82, 2.24) is 0 Å². The molecule has 0 heterocycles. The van der Waals surface area contributed by atoms with Crippen molar-refractivity contribution in [3.8, 4) is 0 Å². The number of hydrogen-bond acceptors (Lipinski definition) is 4. The van der Waals surface area contributed by atoms with Gasteiger partial charge in [0.25, 0.3) is 0 Å². The Kier molecular flexibility index (Phi) is 6.15. The minimum Gasteiger partial charge on any atom is -0.428 e. The first-order valence-electron chi connectivity index (χ1n) is 6.89.